The van der Waals surface area contributed by atoms with E-state index >= 15 is 0 Å². The Balaban J connectivity index is 1.40. The summed E-state index contributed by atoms with van der Waals surface area (Å²) in [7, 11) is 0. The van der Waals surface area contributed by atoms with Gasteiger partial charge in [0, 0.05) is 19.1 Å². The summed E-state index contributed by atoms with van der Waals surface area (Å²) in [5.41, 5.74) is 6.79. The Labute approximate surface area is 141 Å². The average Bonchev–Trinajstić information content (AvgIpc) is 3.18. The second kappa shape index (κ2) is 7.79. The predicted octanol–water partition coefficient (Wildman–Crippen LogP) is 3.03. The minimum absolute atomic E-state index is 0.788. The van der Waals surface area contributed by atoms with Gasteiger partial charge in [-0.3, -0.25) is 0 Å². The molecule has 5 nitrogen and oxygen atoms in total. The van der Waals surface area contributed by atoms with Crippen LogP contribution >= 0.6 is 0 Å². The number of fused-ring (bicyclic) bond motifs is 4. The monoisotopic (exact) mass is 321 g/mol. The zero-order valence-electron chi connectivity index (χ0n) is 14.7. The van der Waals surface area contributed by atoms with Crippen LogP contribution in [0.15, 0.2) is 0 Å². The molecule has 0 aromatic heterocycles. The number of nitrogens with zero attached hydrogens (tertiary/aromatic N) is 3. The molecule has 5 heteroatoms. The molecule has 132 valence electrons. The first-order valence-electron chi connectivity index (χ1n) is 10.2. The lowest BCUT2D eigenvalue weighted by molar-refractivity contribution is -0.0832. The van der Waals surface area contributed by atoms with Crippen LogP contribution in [-0.2, 0) is 0 Å². The standard InChI is InChI=1S/C18H35N5/c1-2-4-6-8-16-9-10-17-11-13-22(18(17)14-16)23-15-21(19-20-23)12-7-5-3-1/h16-20H,1-15H2. The molecule has 1 saturated carbocycles. The fourth-order valence-corrected chi connectivity index (χ4v) is 5.27. The molecule has 0 aromatic carbocycles. The summed E-state index contributed by atoms with van der Waals surface area (Å²) in [6.07, 6.45) is 17.2. The van der Waals surface area contributed by atoms with Gasteiger partial charge in [0.05, 0.1) is 6.67 Å². The zero-order valence-corrected chi connectivity index (χ0v) is 14.7. The van der Waals surface area contributed by atoms with Gasteiger partial charge in [-0.2, -0.15) is 11.1 Å². The minimum atomic E-state index is 0.788. The van der Waals surface area contributed by atoms with Gasteiger partial charge in [-0.15, -0.1) is 5.12 Å². The maximum absolute atomic E-state index is 3.42. The molecule has 3 heterocycles. The molecule has 0 amide bonds. The van der Waals surface area contributed by atoms with E-state index in [4.69, 9.17) is 0 Å². The Hall–Kier alpha value is -0.200. The molecular formula is C18H35N5. The third-order valence-electron chi connectivity index (χ3n) is 6.67. The van der Waals surface area contributed by atoms with Gasteiger partial charge in [0.15, 0.2) is 0 Å². The summed E-state index contributed by atoms with van der Waals surface area (Å²) in [6, 6.07) is 0.788. The van der Waals surface area contributed by atoms with Crippen LogP contribution in [0.5, 0.6) is 0 Å². The Morgan fingerprint density at radius 3 is 2.43 bits per heavy atom. The zero-order chi connectivity index (χ0) is 15.5. The third kappa shape index (κ3) is 3.90. The van der Waals surface area contributed by atoms with Crippen LogP contribution in [0.25, 0.3) is 0 Å². The average molecular weight is 322 g/mol. The summed E-state index contributed by atoms with van der Waals surface area (Å²) >= 11 is 0. The van der Waals surface area contributed by atoms with Crippen molar-refractivity contribution in [3.8, 4) is 0 Å². The van der Waals surface area contributed by atoms with Crippen LogP contribution < -0.4 is 11.1 Å². The van der Waals surface area contributed by atoms with E-state index in [-0.39, 0.29) is 0 Å². The molecule has 0 radical (unpaired) electrons. The molecule has 3 aliphatic heterocycles. The Bertz CT molecular complexity index is 376. The second-order valence-electron chi connectivity index (χ2n) is 8.25. The molecular weight excluding hydrogens is 286 g/mol. The van der Waals surface area contributed by atoms with Crippen LogP contribution in [0.2, 0.25) is 0 Å². The number of nitrogens with one attached hydrogen (secondary N) is 2. The van der Waals surface area contributed by atoms with Crippen molar-refractivity contribution in [1.82, 2.24) is 26.2 Å². The smallest absolute Gasteiger partial charge is 0.0968 e. The van der Waals surface area contributed by atoms with E-state index in [1.54, 1.807) is 0 Å². The maximum Gasteiger partial charge on any atom is 0.0968 e. The summed E-state index contributed by atoms with van der Waals surface area (Å²) in [6.45, 7) is 3.40. The van der Waals surface area contributed by atoms with Crippen molar-refractivity contribution >= 4 is 0 Å². The van der Waals surface area contributed by atoms with Crippen LogP contribution in [-0.4, -0.2) is 40.9 Å². The molecule has 4 bridgehead atoms. The molecule has 4 aliphatic rings. The molecule has 5 atom stereocenters. The molecule has 1 aliphatic carbocycles. The maximum atomic E-state index is 3.42. The lowest BCUT2D eigenvalue weighted by Gasteiger charge is -2.39. The fourth-order valence-electron chi connectivity index (χ4n) is 5.27. The van der Waals surface area contributed by atoms with Crippen molar-refractivity contribution in [2.75, 3.05) is 19.8 Å². The topological polar surface area (TPSA) is 33.8 Å². The first-order chi connectivity index (χ1) is 11.4. The largest absolute Gasteiger partial charge is 0.222 e. The van der Waals surface area contributed by atoms with Crippen molar-refractivity contribution < 1.29 is 0 Å². The minimum Gasteiger partial charge on any atom is -0.222 e. The van der Waals surface area contributed by atoms with Gasteiger partial charge in [-0.25, -0.2) is 10.0 Å². The third-order valence-corrected chi connectivity index (χ3v) is 6.67. The van der Waals surface area contributed by atoms with E-state index in [9.17, 15) is 0 Å². The van der Waals surface area contributed by atoms with Crippen LogP contribution in [0.4, 0.5) is 0 Å². The van der Waals surface area contributed by atoms with Gasteiger partial charge < -0.3 is 0 Å². The summed E-state index contributed by atoms with van der Waals surface area (Å²) in [4.78, 5) is 0. The van der Waals surface area contributed by atoms with Gasteiger partial charge in [0.2, 0.25) is 0 Å². The van der Waals surface area contributed by atoms with Crippen LogP contribution in [0, 0.1) is 11.8 Å². The highest BCUT2D eigenvalue weighted by molar-refractivity contribution is 4.91. The summed E-state index contributed by atoms with van der Waals surface area (Å²) in [5, 5.41) is 7.36. The number of hydrazine groups is 4. The molecule has 5 unspecified atom stereocenters. The quantitative estimate of drug-likeness (QED) is 0.717. The first-order valence-corrected chi connectivity index (χ1v) is 10.2. The van der Waals surface area contributed by atoms with Gasteiger partial charge in [-0.05, 0) is 37.5 Å². The molecule has 23 heavy (non-hydrogen) atoms. The lowest BCUT2D eigenvalue weighted by atomic mass is 9.77. The second-order valence-corrected chi connectivity index (χ2v) is 8.25. The van der Waals surface area contributed by atoms with Gasteiger partial charge in [0.1, 0.15) is 0 Å². The van der Waals surface area contributed by atoms with Crippen LogP contribution in [0.3, 0.4) is 0 Å². The van der Waals surface area contributed by atoms with E-state index in [0.717, 1.165) is 31.1 Å². The van der Waals surface area contributed by atoms with Gasteiger partial charge in [0.25, 0.3) is 0 Å². The molecule has 2 N–H and O–H groups in total. The van der Waals surface area contributed by atoms with Crippen molar-refractivity contribution in [2.45, 2.75) is 83.1 Å². The first kappa shape index (κ1) is 16.3. The highest BCUT2D eigenvalue weighted by Gasteiger charge is 2.42. The molecule has 0 aromatic rings. The molecule has 4 fully saturated rings. The van der Waals surface area contributed by atoms with E-state index in [1.807, 2.05) is 0 Å². The highest BCUT2D eigenvalue weighted by atomic mass is 16.0. The van der Waals surface area contributed by atoms with Crippen LogP contribution in [0.1, 0.15) is 77.0 Å². The normalized spacial score (nSPS) is 43.6. The molecule has 0 spiro atoms. The Kier molecular flexibility index (Phi) is 5.51. The van der Waals surface area contributed by atoms with E-state index in [0.29, 0.717) is 0 Å². The van der Waals surface area contributed by atoms with Gasteiger partial charge >= 0.3 is 0 Å². The Morgan fingerprint density at radius 1 is 0.696 bits per heavy atom. The van der Waals surface area contributed by atoms with E-state index in [2.05, 4.69) is 26.2 Å². The van der Waals surface area contributed by atoms with Crippen molar-refractivity contribution in [3.05, 3.63) is 0 Å². The van der Waals surface area contributed by atoms with Gasteiger partial charge in [-0.1, -0.05) is 51.4 Å². The fraction of sp³-hybridized carbons (Fsp3) is 1.00. The molecule has 4 rings (SSSR count). The summed E-state index contributed by atoms with van der Waals surface area (Å²) in [5.74, 6) is 1.93. The van der Waals surface area contributed by atoms with E-state index < -0.39 is 0 Å². The number of rotatable bonds is 0. The molecule has 3 saturated heterocycles. The highest BCUT2D eigenvalue weighted by Crippen LogP contribution is 2.41. The number of hydrogen-bond donors (Lipinski definition) is 2. The summed E-state index contributed by atoms with van der Waals surface area (Å²) < 4.78 is 0. The predicted molar refractivity (Wildman–Crippen MR) is 92.6 cm³/mol. The van der Waals surface area contributed by atoms with Crippen molar-refractivity contribution in [1.29, 1.82) is 0 Å². The van der Waals surface area contributed by atoms with Crippen molar-refractivity contribution in [2.24, 2.45) is 11.8 Å². The Morgan fingerprint density at radius 2 is 1.52 bits per heavy atom. The SMILES string of the molecule is C1CCCCC2CCC3CCN(C3C2)N2CN(CCCC1)NN2. The van der Waals surface area contributed by atoms with Crippen molar-refractivity contribution in [3.63, 3.8) is 0 Å². The van der Waals surface area contributed by atoms with E-state index in [1.165, 1.54) is 83.6 Å². The number of hydrogen-bond acceptors (Lipinski definition) is 5. The lowest BCUT2D eigenvalue weighted by Crippen LogP contribution is -2.53.